The minimum atomic E-state index is 0.448. The van der Waals surface area contributed by atoms with Crippen LogP contribution in [0.25, 0.3) is 0 Å². The summed E-state index contributed by atoms with van der Waals surface area (Å²) in [5.74, 6) is 0.847. The molecular weight excluding hydrogens is 240 g/mol. The quantitative estimate of drug-likeness (QED) is 0.777. The maximum Gasteiger partial charge on any atom is 0.216 e. The molecule has 0 aliphatic heterocycles. The van der Waals surface area contributed by atoms with E-state index in [4.69, 9.17) is 4.74 Å². The fourth-order valence-corrected chi connectivity index (χ4v) is 2.35. The Hall–Kier alpha value is -1.07. The van der Waals surface area contributed by atoms with Crippen LogP contribution < -0.4 is 10.1 Å². The number of nitrogens with zero attached hydrogens (tertiary/aromatic N) is 3. The van der Waals surface area contributed by atoms with Gasteiger partial charge in [0.1, 0.15) is 0 Å². The van der Waals surface area contributed by atoms with Crippen LogP contribution in [0.1, 0.15) is 32.0 Å². The molecule has 0 aliphatic rings. The van der Waals surface area contributed by atoms with Crippen molar-refractivity contribution in [3.05, 3.63) is 11.3 Å². The Morgan fingerprint density at radius 3 is 2.53 bits per heavy atom. The summed E-state index contributed by atoms with van der Waals surface area (Å²) in [4.78, 5) is 2.42. The van der Waals surface area contributed by atoms with E-state index in [1.54, 1.807) is 11.8 Å². The molecule has 1 heterocycles. The lowest BCUT2D eigenvalue weighted by Gasteiger charge is -2.23. The van der Waals surface area contributed by atoms with Gasteiger partial charge in [-0.3, -0.25) is 0 Å². The van der Waals surface area contributed by atoms with Crippen molar-refractivity contribution in [3.63, 3.8) is 0 Å². The van der Waals surface area contributed by atoms with Crippen LogP contribution in [-0.4, -0.2) is 47.5 Å². The molecule has 0 spiro atoms. The van der Waals surface area contributed by atoms with Gasteiger partial charge in [-0.1, -0.05) is 13.8 Å². The van der Waals surface area contributed by atoms with Crippen LogP contribution in [0.15, 0.2) is 0 Å². The smallest absolute Gasteiger partial charge is 0.216 e. The second-order valence-corrected chi connectivity index (χ2v) is 4.96. The molecule has 5 heteroatoms. The molecule has 1 N–H and O–H groups in total. The molecule has 0 fully saturated rings. The van der Waals surface area contributed by atoms with Crippen LogP contribution in [0.2, 0.25) is 0 Å². The van der Waals surface area contributed by atoms with Crippen molar-refractivity contribution in [2.45, 2.75) is 40.3 Å². The molecule has 0 saturated heterocycles. The molecule has 1 aromatic heterocycles. The molecule has 1 aromatic rings. The Morgan fingerprint density at radius 2 is 2.00 bits per heavy atom. The second kappa shape index (κ2) is 7.50. The third-order valence-electron chi connectivity index (χ3n) is 3.54. The molecule has 0 aromatic carbocycles. The summed E-state index contributed by atoms with van der Waals surface area (Å²) in [6.07, 6.45) is 0. The third kappa shape index (κ3) is 4.21. The Kier molecular flexibility index (Phi) is 6.31. The normalized spacial score (nSPS) is 13.0. The van der Waals surface area contributed by atoms with Crippen molar-refractivity contribution in [2.24, 2.45) is 7.05 Å². The van der Waals surface area contributed by atoms with E-state index in [0.29, 0.717) is 6.04 Å². The highest BCUT2D eigenvalue weighted by Crippen LogP contribution is 2.20. The average Bonchev–Trinajstić information content (AvgIpc) is 2.67. The SMILES string of the molecule is CCN(CC)CC(C)NCc1c(C)nn(C)c1OC. The lowest BCUT2D eigenvalue weighted by atomic mass is 10.2. The molecule has 0 aliphatic carbocycles. The summed E-state index contributed by atoms with van der Waals surface area (Å²) in [6, 6.07) is 0.448. The summed E-state index contributed by atoms with van der Waals surface area (Å²) in [7, 11) is 3.61. The van der Waals surface area contributed by atoms with E-state index in [0.717, 1.165) is 43.3 Å². The van der Waals surface area contributed by atoms with Crippen LogP contribution in [0.4, 0.5) is 0 Å². The number of hydrogen-bond donors (Lipinski definition) is 1. The summed E-state index contributed by atoms with van der Waals surface area (Å²) in [5, 5.41) is 7.95. The van der Waals surface area contributed by atoms with Gasteiger partial charge in [0.25, 0.3) is 0 Å². The average molecular weight is 268 g/mol. The number of likely N-dealkylation sites (N-methyl/N-ethyl adjacent to an activating group) is 1. The van der Waals surface area contributed by atoms with E-state index in [9.17, 15) is 0 Å². The highest BCUT2D eigenvalue weighted by Gasteiger charge is 2.15. The zero-order valence-electron chi connectivity index (χ0n) is 13.2. The van der Waals surface area contributed by atoms with Gasteiger partial charge in [-0.05, 0) is 26.9 Å². The maximum absolute atomic E-state index is 5.40. The van der Waals surface area contributed by atoms with E-state index >= 15 is 0 Å². The molecule has 1 atom stereocenters. The molecule has 19 heavy (non-hydrogen) atoms. The van der Waals surface area contributed by atoms with Crippen LogP contribution >= 0.6 is 0 Å². The fourth-order valence-electron chi connectivity index (χ4n) is 2.35. The molecule has 0 saturated carbocycles. The van der Waals surface area contributed by atoms with Crippen molar-refractivity contribution >= 4 is 0 Å². The third-order valence-corrected chi connectivity index (χ3v) is 3.54. The number of rotatable bonds is 8. The van der Waals surface area contributed by atoms with Crippen molar-refractivity contribution in [1.29, 1.82) is 0 Å². The van der Waals surface area contributed by atoms with E-state index < -0.39 is 0 Å². The Balaban J connectivity index is 2.57. The summed E-state index contributed by atoms with van der Waals surface area (Å²) >= 11 is 0. The van der Waals surface area contributed by atoms with Crippen LogP contribution in [0.5, 0.6) is 5.88 Å². The Bertz CT molecular complexity index is 385. The van der Waals surface area contributed by atoms with Gasteiger partial charge in [0, 0.05) is 26.2 Å². The first kappa shape index (κ1) is 16.0. The van der Waals surface area contributed by atoms with Gasteiger partial charge in [0.2, 0.25) is 5.88 Å². The topological polar surface area (TPSA) is 42.3 Å². The lowest BCUT2D eigenvalue weighted by Crippen LogP contribution is -2.38. The standard InChI is InChI=1S/C14H28N4O/c1-7-18(8-2)10-11(3)15-9-13-12(4)16-17(5)14(13)19-6/h11,15H,7-10H2,1-6H3. The number of ether oxygens (including phenoxy) is 1. The first-order chi connectivity index (χ1) is 9.03. The van der Waals surface area contributed by atoms with Gasteiger partial charge in [0.15, 0.2) is 0 Å². The summed E-state index contributed by atoms with van der Waals surface area (Å²) in [6.45, 7) is 12.7. The monoisotopic (exact) mass is 268 g/mol. The minimum absolute atomic E-state index is 0.448. The van der Waals surface area contributed by atoms with Crippen LogP contribution in [-0.2, 0) is 13.6 Å². The Morgan fingerprint density at radius 1 is 1.37 bits per heavy atom. The first-order valence-corrected chi connectivity index (χ1v) is 7.05. The number of hydrogen-bond acceptors (Lipinski definition) is 4. The summed E-state index contributed by atoms with van der Waals surface area (Å²) < 4.78 is 7.20. The van der Waals surface area contributed by atoms with Crippen molar-refractivity contribution in [1.82, 2.24) is 20.0 Å². The van der Waals surface area contributed by atoms with Crippen molar-refractivity contribution in [2.75, 3.05) is 26.7 Å². The zero-order chi connectivity index (χ0) is 14.4. The number of aryl methyl sites for hydroxylation is 2. The van der Waals surface area contributed by atoms with Gasteiger partial charge >= 0.3 is 0 Å². The Labute approximate surface area is 116 Å². The van der Waals surface area contributed by atoms with E-state index in [1.165, 1.54) is 0 Å². The van der Waals surface area contributed by atoms with Crippen molar-refractivity contribution < 1.29 is 4.74 Å². The van der Waals surface area contributed by atoms with Crippen molar-refractivity contribution in [3.8, 4) is 5.88 Å². The van der Waals surface area contributed by atoms with Gasteiger partial charge in [0.05, 0.1) is 18.4 Å². The highest BCUT2D eigenvalue weighted by molar-refractivity contribution is 5.30. The number of aromatic nitrogens is 2. The van der Waals surface area contributed by atoms with Gasteiger partial charge in [-0.25, -0.2) is 4.68 Å². The molecule has 1 rings (SSSR count). The predicted molar refractivity (Wildman–Crippen MR) is 78.6 cm³/mol. The molecule has 0 amide bonds. The van der Waals surface area contributed by atoms with E-state index in [-0.39, 0.29) is 0 Å². The van der Waals surface area contributed by atoms with E-state index in [1.807, 2.05) is 14.0 Å². The predicted octanol–water partition coefficient (Wildman–Crippen LogP) is 1.56. The fraction of sp³-hybridized carbons (Fsp3) is 0.786. The first-order valence-electron chi connectivity index (χ1n) is 7.05. The van der Waals surface area contributed by atoms with Crippen LogP contribution in [0, 0.1) is 6.92 Å². The molecular formula is C14H28N4O. The second-order valence-electron chi connectivity index (χ2n) is 4.96. The molecule has 110 valence electrons. The van der Waals surface area contributed by atoms with Gasteiger partial charge in [-0.2, -0.15) is 5.10 Å². The maximum atomic E-state index is 5.40. The van der Waals surface area contributed by atoms with Gasteiger partial charge in [-0.15, -0.1) is 0 Å². The van der Waals surface area contributed by atoms with E-state index in [2.05, 4.69) is 36.1 Å². The molecule has 0 bridgehead atoms. The minimum Gasteiger partial charge on any atom is -0.481 e. The van der Waals surface area contributed by atoms with Crippen LogP contribution in [0.3, 0.4) is 0 Å². The highest BCUT2D eigenvalue weighted by atomic mass is 16.5. The largest absolute Gasteiger partial charge is 0.481 e. The molecule has 5 nitrogen and oxygen atoms in total. The molecule has 0 radical (unpaired) electrons. The molecule has 1 unspecified atom stereocenters. The number of methoxy groups -OCH3 is 1. The lowest BCUT2D eigenvalue weighted by molar-refractivity contribution is 0.270. The zero-order valence-corrected chi connectivity index (χ0v) is 13.2. The van der Waals surface area contributed by atoms with Gasteiger partial charge < -0.3 is 15.0 Å². The number of nitrogens with one attached hydrogen (secondary N) is 1. The summed E-state index contributed by atoms with van der Waals surface area (Å²) in [5.41, 5.74) is 2.18.